The monoisotopic (exact) mass is 360 g/mol. The number of anilines is 1. The lowest BCUT2D eigenvalue weighted by Crippen LogP contribution is -2.38. The van der Waals surface area contributed by atoms with Crippen molar-refractivity contribution in [3.63, 3.8) is 0 Å². The largest absolute Gasteiger partial charge is 0.481 e. The second-order valence-electron chi connectivity index (χ2n) is 4.99. The van der Waals surface area contributed by atoms with Gasteiger partial charge in [-0.2, -0.15) is 0 Å². The fourth-order valence-electron chi connectivity index (χ4n) is 1.39. The third-order valence-electron chi connectivity index (χ3n) is 2.61. The highest BCUT2D eigenvalue weighted by atomic mass is 79.9. The van der Waals surface area contributed by atoms with E-state index in [9.17, 15) is 18.8 Å². The average Bonchev–Trinajstić information content (AvgIpc) is 2.31. The van der Waals surface area contributed by atoms with Gasteiger partial charge in [-0.3, -0.25) is 14.9 Å². The number of hydrogen-bond acceptors (Lipinski definition) is 3. The molecule has 1 aromatic carbocycles. The molecule has 0 heterocycles. The number of halogens is 2. The lowest BCUT2D eigenvalue weighted by atomic mass is 9.89. The van der Waals surface area contributed by atoms with Crippen LogP contribution in [-0.4, -0.2) is 23.0 Å². The molecular weight excluding hydrogens is 347 g/mol. The van der Waals surface area contributed by atoms with E-state index in [0.29, 0.717) is 4.47 Å². The lowest BCUT2D eigenvalue weighted by Gasteiger charge is -2.17. The van der Waals surface area contributed by atoms with Crippen LogP contribution < -0.4 is 10.6 Å². The number of imide groups is 1. The van der Waals surface area contributed by atoms with Gasteiger partial charge in [-0.25, -0.2) is 9.18 Å². The van der Waals surface area contributed by atoms with Gasteiger partial charge in [0.05, 0.1) is 11.1 Å². The minimum Gasteiger partial charge on any atom is -0.481 e. The number of hydrogen-bond donors (Lipinski definition) is 3. The highest BCUT2D eigenvalue weighted by molar-refractivity contribution is 9.10. The van der Waals surface area contributed by atoms with Gasteiger partial charge in [0.25, 0.3) is 0 Å². The zero-order chi connectivity index (χ0) is 16.2. The predicted molar refractivity (Wildman–Crippen MR) is 77.3 cm³/mol. The summed E-state index contributed by atoms with van der Waals surface area (Å²) >= 11 is 3.07. The first-order chi connectivity index (χ1) is 9.61. The molecule has 0 aromatic heterocycles. The SMILES string of the molecule is CC(C)(CC(=O)NC(=O)Nc1ccc(Br)cc1F)C(=O)O. The van der Waals surface area contributed by atoms with Gasteiger partial charge in [0, 0.05) is 10.9 Å². The molecule has 1 rings (SSSR count). The van der Waals surface area contributed by atoms with Crippen LogP contribution in [0, 0.1) is 11.2 Å². The number of carbonyl (C=O) groups excluding carboxylic acids is 2. The van der Waals surface area contributed by atoms with Gasteiger partial charge in [-0.1, -0.05) is 15.9 Å². The van der Waals surface area contributed by atoms with Crippen molar-refractivity contribution in [3.05, 3.63) is 28.5 Å². The third kappa shape index (κ3) is 5.14. The van der Waals surface area contributed by atoms with Crippen LogP contribution in [0.1, 0.15) is 20.3 Å². The Morgan fingerprint density at radius 2 is 1.95 bits per heavy atom. The van der Waals surface area contributed by atoms with Gasteiger partial charge < -0.3 is 10.4 Å². The Morgan fingerprint density at radius 3 is 2.48 bits per heavy atom. The van der Waals surface area contributed by atoms with E-state index in [2.05, 4.69) is 21.2 Å². The van der Waals surface area contributed by atoms with E-state index >= 15 is 0 Å². The molecule has 0 aliphatic rings. The van der Waals surface area contributed by atoms with Gasteiger partial charge >= 0.3 is 12.0 Å². The molecule has 3 amide bonds. The quantitative estimate of drug-likeness (QED) is 0.769. The maximum atomic E-state index is 13.5. The van der Waals surface area contributed by atoms with Crippen molar-refractivity contribution in [2.45, 2.75) is 20.3 Å². The molecular formula is C13H14BrFN2O4. The Hall–Kier alpha value is -1.96. The predicted octanol–water partition coefficient (Wildman–Crippen LogP) is 2.74. The first-order valence-electron chi connectivity index (χ1n) is 5.91. The Balaban J connectivity index is 2.61. The standard InChI is InChI=1S/C13H14BrFN2O4/c1-13(2,11(19)20)6-10(18)17-12(21)16-9-4-3-7(14)5-8(9)15/h3-5H,6H2,1-2H3,(H,19,20)(H2,16,17,18,21). The van der Waals surface area contributed by atoms with Crippen molar-refractivity contribution in [2.75, 3.05) is 5.32 Å². The number of rotatable bonds is 4. The molecule has 6 nitrogen and oxygen atoms in total. The minimum absolute atomic E-state index is 0.0963. The normalized spacial score (nSPS) is 10.9. The van der Waals surface area contributed by atoms with Crippen molar-refractivity contribution in [3.8, 4) is 0 Å². The van der Waals surface area contributed by atoms with Crippen LogP contribution in [0.3, 0.4) is 0 Å². The van der Waals surface area contributed by atoms with Gasteiger partial charge in [0.1, 0.15) is 5.82 Å². The molecule has 0 saturated carbocycles. The first kappa shape index (κ1) is 17.1. The van der Waals surface area contributed by atoms with Crippen LogP contribution in [0.25, 0.3) is 0 Å². The summed E-state index contributed by atoms with van der Waals surface area (Å²) in [5, 5.41) is 13.0. The third-order valence-corrected chi connectivity index (χ3v) is 3.11. The van der Waals surface area contributed by atoms with E-state index in [1.165, 1.54) is 26.0 Å². The second-order valence-corrected chi connectivity index (χ2v) is 5.91. The Labute approximate surface area is 128 Å². The second kappa shape index (κ2) is 6.66. The molecule has 0 aliphatic heterocycles. The minimum atomic E-state index is -1.30. The Bertz CT molecular complexity index is 590. The van der Waals surface area contributed by atoms with E-state index in [0.717, 1.165) is 6.07 Å². The van der Waals surface area contributed by atoms with Gasteiger partial charge in [-0.05, 0) is 32.0 Å². The van der Waals surface area contributed by atoms with Crippen LogP contribution >= 0.6 is 15.9 Å². The summed E-state index contributed by atoms with van der Waals surface area (Å²) in [6.07, 6.45) is -0.376. The van der Waals surface area contributed by atoms with E-state index in [1.54, 1.807) is 0 Å². The van der Waals surface area contributed by atoms with Crippen LogP contribution in [0.4, 0.5) is 14.9 Å². The molecule has 8 heteroatoms. The number of benzene rings is 1. The fraction of sp³-hybridized carbons (Fsp3) is 0.308. The van der Waals surface area contributed by atoms with Gasteiger partial charge in [-0.15, -0.1) is 0 Å². The fourth-order valence-corrected chi connectivity index (χ4v) is 1.73. The Kier molecular flexibility index (Phi) is 5.42. The van der Waals surface area contributed by atoms with Gasteiger partial charge in [0.15, 0.2) is 0 Å². The molecule has 0 saturated heterocycles. The summed E-state index contributed by atoms with van der Waals surface area (Å²) in [4.78, 5) is 34.0. The summed E-state index contributed by atoms with van der Waals surface area (Å²) in [6, 6.07) is 3.08. The van der Waals surface area contributed by atoms with Gasteiger partial charge in [0.2, 0.25) is 5.91 Å². The zero-order valence-corrected chi connectivity index (χ0v) is 13.0. The topological polar surface area (TPSA) is 95.5 Å². The summed E-state index contributed by atoms with van der Waals surface area (Å²) in [7, 11) is 0. The van der Waals surface area contributed by atoms with E-state index in [1.807, 2.05) is 5.32 Å². The molecule has 0 spiro atoms. The highest BCUT2D eigenvalue weighted by Crippen LogP contribution is 2.21. The van der Waals surface area contributed by atoms with Crippen LogP contribution in [-0.2, 0) is 9.59 Å². The summed E-state index contributed by atoms with van der Waals surface area (Å²) in [5.74, 6) is -2.59. The van der Waals surface area contributed by atoms with Crippen molar-refractivity contribution >= 4 is 39.5 Å². The number of urea groups is 1. The molecule has 0 unspecified atom stereocenters. The lowest BCUT2D eigenvalue weighted by molar-refractivity contribution is -0.149. The van der Waals surface area contributed by atoms with E-state index < -0.39 is 29.1 Å². The molecule has 0 fully saturated rings. The molecule has 0 aliphatic carbocycles. The molecule has 0 atom stereocenters. The van der Waals surface area contributed by atoms with Crippen LogP contribution in [0.15, 0.2) is 22.7 Å². The smallest absolute Gasteiger partial charge is 0.325 e. The first-order valence-corrected chi connectivity index (χ1v) is 6.70. The van der Waals surface area contributed by atoms with Crippen molar-refractivity contribution in [2.24, 2.45) is 5.41 Å². The maximum Gasteiger partial charge on any atom is 0.325 e. The molecule has 1 aromatic rings. The molecule has 0 radical (unpaired) electrons. The zero-order valence-electron chi connectivity index (χ0n) is 11.4. The van der Waals surface area contributed by atoms with E-state index in [-0.39, 0.29) is 12.1 Å². The number of carboxylic acids is 1. The summed E-state index contributed by atoms with van der Waals surface area (Å²) < 4.78 is 14.0. The maximum absolute atomic E-state index is 13.5. The molecule has 114 valence electrons. The Morgan fingerprint density at radius 1 is 1.33 bits per heavy atom. The highest BCUT2D eigenvalue weighted by Gasteiger charge is 2.30. The number of nitrogens with one attached hydrogen (secondary N) is 2. The molecule has 3 N–H and O–H groups in total. The summed E-state index contributed by atoms with van der Waals surface area (Å²) in [6.45, 7) is 2.72. The number of carbonyl (C=O) groups is 3. The van der Waals surface area contributed by atoms with Crippen molar-refractivity contribution in [1.29, 1.82) is 0 Å². The molecule has 0 bridgehead atoms. The summed E-state index contributed by atoms with van der Waals surface area (Å²) in [5.41, 5.74) is -1.39. The van der Waals surface area contributed by atoms with Crippen molar-refractivity contribution < 1.29 is 23.9 Å². The van der Waals surface area contributed by atoms with Crippen molar-refractivity contribution in [1.82, 2.24) is 5.32 Å². The number of carboxylic acid groups (broad SMARTS) is 1. The van der Waals surface area contributed by atoms with E-state index in [4.69, 9.17) is 5.11 Å². The average molecular weight is 361 g/mol. The number of aliphatic carboxylic acids is 1. The number of amides is 3. The van der Waals surface area contributed by atoms with Crippen LogP contribution in [0.5, 0.6) is 0 Å². The van der Waals surface area contributed by atoms with Crippen LogP contribution in [0.2, 0.25) is 0 Å². The molecule has 21 heavy (non-hydrogen) atoms.